The van der Waals surface area contributed by atoms with Crippen molar-refractivity contribution in [1.29, 1.82) is 0 Å². The molecule has 3 aromatic rings. The lowest BCUT2D eigenvalue weighted by Crippen LogP contribution is -2.39. The largest absolute Gasteiger partial charge is 0.481 e. The second-order valence-electron chi connectivity index (χ2n) is 7.80. The van der Waals surface area contributed by atoms with Crippen LogP contribution in [0, 0.1) is 0 Å². The van der Waals surface area contributed by atoms with Crippen molar-refractivity contribution in [1.82, 2.24) is 15.1 Å². The minimum atomic E-state index is -3.32. The van der Waals surface area contributed by atoms with Gasteiger partial charge in [0.05, 0.1) is 16.5 Å². The number of fused-ring (bicyclic) bond motifs is 1. The van der Waals surface area contributed by atoms with E-state index in [0.717, 1.165) is 6.26 Å². The molecule has 0 saturated carbocycles. The van der Waals surface area contributed by atoms with Crippen LogP contribution in [0.2, 0.25) is 0 Å². The second kappa shape index (κ2) is 8.66. The fourth-order valence-corrected chi connectivity index (χ4v) is 4.41. The van der Waals surface area contributed by atoms with Crippen molar-refractivity contribution in [2.75, 3.05) is 18.2 Å². The minimum Gasteiger partial charge on any atom is -0.481 e. The molecule has 2 heterocycles. The molecule has 1 unspecified atom stereocenters. The summed E-state index contributed by atoms with van der Waals surface area (Å²) in [5.41, 5.74) is 1.62. The Morgan fingerprint density at radius 3 is 2.61 bits per heavy atom. The van der Waals surface area contributed by atoms with E-state index < -0.39 is 21.7 Å². The van der Waals surface area contributed by atoms with Gasteiger partial charge in [-0.05, 0) is 36.8 Å². The zero-order valence-corrected chi connectivity index (χ0v) is 18.8. The Bertz CT molecular complexity index is 1360. The maximum atomic E-state index is 12.4. The summed E-state index contributed by atoms with van der Waals surface area (Å²) in [4.78, 5) is 36.3. The minimum absolute atomic E-state index is 0.159. The van der Waals surface area contributed by atoms with E-state index in [0.29, 0.717) is 34.5 Å². The first-order valence-electron chi connectivity index (χ1n) is 10.2. The van der Waals surface area contributed by atoms with Gasteiger partial charge in [-0.1, -0.05) is 12.1 Å². The van der Waals surface area contributed by atoms with Crippen LogP contribution >= 0.6 is 0 Å². The standard InChI is InChI=1S/C22H22N4O6S/c1-26-21-15(20(25-26)16-10-11-18(27)24-22(16)29)4-3-5-17(21)32-12-19(28)23-13-6-8-14(9-7-13)33(2,30)31/h3-9,16H,10-12H2,1-2H3,(H,23,28)(H,24,27,29). The van der Waals surface area contributed by atoms with Gasteiger partial charge >= 0.3 is 0 Å². The van der Waals surface area contributed by atoms with Crippen LogP contribution in [-0.4, -0.2) is 48.8 Å². The average molecular weight is 471 g/mol. The van der Waals surface area contributed by atoms with E-state index in [4.69, 9.17) is 4.74 Å². The maximum Gasteiger partial charge on any atom is 0.262 e. The zero-order chi connectivity index (χ0) is 23.8. The van der Waals surface area contributed by atoms with Gasteiger partial charge in [-0.25, -0.2) is 8.42 Å². The number of nitrogens with one attached hydrogen (secondary N) is 2. The molecule has 1 aliphatic rings. The number of amides is 3. The lowest BCUT2D eigenvalue weighted by Gasteiger charge is -2.19. The zero-order valence-electron chi connectivity index (χ0n) is 18.0. The van der Waals surface area contributed by atoms with Crippen LogP contribution in [0.3, 0.4) is 0 Å². The van der Waals surface area contributed by atoms with E-state index in [1.807, 2.05) is 6.07 Å². The number of imide groups is 1. The molecule has 10 nitrogen and oxygen atoms in total. The molecular weight excluding hydrogens is 448 g/mol. The number of ether oxygens (including phenoxy) is 1. The number of para-hydroxylation sites is 1. The molecule has 1 fully saturated rings. The topological polar surface area (TPSA) is 136 Å². The maximum absolute atomic E-state index is 12.4. The first-order valence-corrected chi connectivity index (χ1v) is 12.0. The van der Waals surface area contributed by atoms with Crippen LogP contribution in [0.1, 0.15) is 24.5 Å². The fraction of sp³-hybridized carbons (Fsp3) is 0.273. The number of piperidine rings is 1. The molecule has 1 saturated heterocycles. The summed E-state index contributed by atoms with van der Waals surface area (Å²) in [5.74, 6) is -1.22. The molecule has 172 valence electrons. The molecule has 2 aromatic carbocycles. The summed E-state index contributed by atoms with van der Waals surface area (Å²) >= 11 is 0. The molecule has 2 N–H and O–H groups in total. The third-order valence-electron chi connectivity index (χ3n) is 5.35. The van der Waals surface area contributed by atoms with Crippen molar-refractivity contribution in [2.24, 2.45) is 7.05 Å². The van der Waals surface area contributed by atoms with Crippen molar-refractivity contribution in [3.8, 4) is 5.75 Å². The van der Waals surface area contributed by atoms with Gasteiger partial charge in [-0.15, -0.1) is 0 Å². The van der Waals surface area contributed by atoms with E-state index in [1.165, 1.54) is 24.3 Å². The van der Waals surface area contributed by atoms with Crippen molar-refractivity contribution >= 4 is 44.1 Å². The average Bonchev–Trinajstić information content (AvgIpc) is 3.09. The molecule has 3 amide bonds. The highest BCUT2D eigenvalue weighted by Crippen LogP contribution is 2.34. The number of rotatable bonds is 6. The number of hydrogen-bond donors (Lipinski definition) is 2. The molecule has 11 heteroatoms. The molecule has 1 aromatic heterocycles. The molecule has 0 spiro atoms. The summed E-state index contributed by atoms with van der Waals surface area (Å²) in [6, 6.07) is 11.1. The second-order valence-corrected chi connectivity index (χ2v) is 9.81. The van der Waals surface area contributed by atoms with Crippen LogP contribution in [-0.2, 0) is 31.3 Å². The summed E-state index contributed by atoms with van der Waals surface area (Å²) in [5, 5.41) is 10.2. The van der Waals surface area contributed by atoms with E-state index in [-0.39, 0.29) is 29.7 Å². The summed E-state index contributed by atoms with van der Waals surface area (Å²) in [6.45, 7) is -0.286. The molecule has 1 aliphatic heterocycles. The van der Waals surface area contributed by atoms with Crippen molar-refractivity contribution in [2.45, 2.75) is 23.7 Å². The lowest BCUT2D eigenvalue weighted by molar-refractivity contribution is -0.134. The van der Waals surface area contributed by atoms with Gasteiger partial charge in [0.15, 0.2) is 16.4 Å². The van der Waals surface area contributed by atoms with Crippen LogP contribution in [0.15, 0.2) is 47.4 Å². The Kier molecular flexibility index (Phi) is 5.90. The molecule has 0 bridgehead atoms. The first-order chi connectivity index (χ1) is 15.6. The highest BCUT2D eigenvalue weighted by molar-refractivity contribution is 7.90. The number of benzene rings is 2. The normalized spacial score (nSPS) is 16.5. The molecule has 0 aliphatic carbocycles. The number of nitrogens with zero attached hydrogens (tertiary/aromatic N) is 2. The van der Waals surface area contributed by atoms with E-state index in [2.05, 4.69) is 15.7 Å². The Hall–Kier alpha value is -3.73. The number of carbonyl (C=O) groups is 3. The van der Waals surface area contributed by atoms with Crippen LogP contribution in [0.5, 0.6) is 5.75 Å². The number of sulfone groups is 1. The molecular formula is C22H22N4O6S. The van der Waals surface area contributed by atoms with Gasteiger partial charge < -0.3 is 10.1 Å². The number of aromatic nitrogens is 2. The van der Waals surface area contributed by atoms with Gasteiger partial charge in [0.25, 0.3) is 5.91 Å². The number of carbonyl (C=O) groups excluding carboxylic acids is 3. The van der Waals surface area contributed by atoms with Crippen molar-refractivity contribution in [3.05, 3.63) is 48.2 Å². The highest BCUT2D eigenvalue weighted by Gasteiger charge is 2.32. The summed E-state index contributed by atoms with van der Waals surface area (Å²) in [7, 11) is -1.60. The SMILES string of the molecule is Cn1nc(C2CCC(=O)NC2=O)c2cccc(OCC(=O)Nc3ccc(S(C)(=O)=O)cc3)c21. The van der Waals surface area contributed by atoms with Gasteiger partial charge in [0.1, 0.15) is 11.3 Å². The predicted molar refractivity (Wildman–Crippen MR) is 120 cm³/mol. The number of hydrogen-bond acceptors (Lipinski definition) is 7. The molecule has 0 radical (unpaired) electrons. The Morgan fingerprint density at radius 2 is 1.94 bits per heavy atom. The smallest absolute Gasteiger partial charge is 0.262 e. The van der Waals surface area contributed by atoms with E-state index >= 15 is 0 Å². The van der Waals surface area contributed by atoms with Crippen molar-refractivity contribution in [3.63, 3.8) is 0 Å². The van der Waals surface area contributed by atoms with Gasteiger partial charge in [0, 0.05) is 30.8 Å². The third-order valence-corrected chi connectivity index (χ3v) is 6.48. The molecule has 33 heavy (non-hydrogen) atoms. The highest BCUT2D eigenvalue weighted by atomic mass is 32.2. The quantitative estimate of drug-likeness (QED) is 0.521. The Labute approximate surface area is 189 Å². The fourth-order valence-electron chi connectivity index (χ4n) is 3.78. The van der Waals surface area contributed by atoms with Crippen LogP contribution in [0.25, 0.3) is 10.9 Å². The predicted octanol–water partition coefficient (Wildman–Crippen LogP) is 1.51. The third kappa shape index (κ3) is 4.72. The number of anilines is 1. The summed E-state index contributed by atoms with van der Waals surface area (Å²) < 4.78 is 30.4. The van der Waals surface area contributed by atoms with Crippen LogP contribution in [0.4, 0.5) is 5.69 Å². The van der Waals surface area contributed by atoms with Gasteiger partial charge in [-0.3, -0.25) is 24.4 Å². The monoisotopic (exact) mass is 470 g/mol. The van der Waals surface area contributed by atoms with E-state index in [1.54, 1.807) is 23.9 Å². The summed E-state index contributed by atoms with van der Waals surface area (Å²) in [6.07, 6.45) is 1.73. The Balaban J connectivity index is 1.49. The van der Waals surface area contributed by atoms with Crippen LogP contribution < -0.4 is 15.4 Å². The van der Waals surface area contributed by atoms with Gasteiger partial charge in [-0.2, -0.15) is 5.10 Å². The van der Waals surface area contributed by atoms with Gasteiger partial charge in [0.2, 0.25) is 11.8 Å². The Morgan fingerprint density at radius 1 is 1.21 bits per heavy atom. The molecule has 4 rings (SSSR count). The lowest BCUT2D eigenvalue weighted by atomic mass is 9.93. The van der Waals surface area contributed by atoms with E-state index in [9.17, 15) is 22.8 Å². The van der Waals surface area contributed by atoms with Crippen molar-refractivity contribution < 1.29 is 27.5 Å². The number of aryl methyl sites for hydroxylation is 1. The first kappa shape index (κ1) is 22.5. The molecule has 1 atom stereocenters.